The van der Waals surface area contributed by atoms with Gasteiger partial charge in [-0.25, -0.2) is 9.37 Å². The molecule has 2 fully saturated rings. The van der Waals surface area contributed by atoms with Crippen molar-refractivity contribution in [2.75, 3.05) is 45.6 Å². The highest BCUT2D eigenvalue weighted by Gasteiger charge is 2.34. The van der Waals surface area contributed by atoms with Crippen molar-refractivity contribution in [3.63, 3.8) is 0 Å². The van der Waals surface area contributed by atoms with Gasteiger partial charge >= 0.3 is 11.9 Å². The van der Waals surface area contributed by atoms with Crippen molar-refractivity contribution in [1.82, 2.24) is 20.2 Å². The first-order chi connectivity index (χ1) is 21.4. The Bertz CT molecular complexity index is 1340. The molecular formula is C33H43FN4O5S. The number of aromatic nitrogens is 2. The van der Waals surface area contributed by atoms with Gasteiger partial charge < -0.3 is 25.2 Å². The SMILES string of the molecule is COc1ccc2nccc(C(F)CC[C@@H]3CCN(CCCSc4ccccn4)C[C@@H]3C(=O)O)c2c1.O=C(O)C1CCCNC1. The molecule has 0 saturated carbocycles. The standard InChI is InChI=1S/C27H32FN3O3S.C6H11NO2/c1-34-20-7-9-25-22(17-20)21(10-13-29-25)24(28)8-6-19-11-15-31(18-23(19)27(32)33)14-4-16-35-26-5-2-3-12-30-26;8-6(9)5-2-1-3-7-4-5/h2-3,5,7,9-10,12-13,17,19,23-24H,4,6,8,11,14-16,18H2,1H3,(H,32,33);5,7H,1-4H2,(H,8,9)/t19-,23+,24?;/m1./s1. The van der Waals surface area contributed by atoms with Crippen LogP contribution in [0.25, 0.3) is 10.9 Å². The van der Waals surface area contributed by atoms with E-state index in [4.69, 9.17) is 9.84 Å². The summed E-state index contributed by atoms with van der Waals surface area (Å²) < 4.78 is 20.7. The number of aliphatic carboxylic acids is 2. The first-order valence-electron chi connectivity index (χ1n) is 15.3. The number of methoxy groups -OCH3 is 1. The Balaban J connectivity index is 0.000000421. The lowest BCUT2D eigenvalue weighted by molar-refractivity contribution is -0.146. The summed E-state index contributed by atoms with van der Waals surface area (Å²) >= 11 is 1.72. The molecule has 9 nitrogen and oxygen atoms in total. The third kappa shape index (κ3) is 9.87. The highest BCUT2D eigenvalue weighted by molar-refractivity contribution is 7.99. The monoisotopic (exact) mass is 626 g/mol. The van der Waals surface area contributed by atoms with Gasteiger partial charge in [-0.1, -0.05) is 6.07 Å². The molecule has 11 heteroatoms. The van der Waals surface area contributed by atoms with Gasteiger partial charge in [-0.15, -0.1) is 11.8 Å². The van der Waals surface area contributed by atoms with E-state index in [1.807, 2.05) is 36.4 Å². The molecule has 1 aromatic carbocycles. The number of thioether (sulfide) groups is 1. The third-order valence-corrected chi connectivity index (χ3v) is 9.45. The molecular weight excluding hydrogens is 583 g/mol. The smallest absolute Gasteiger partial charge is 0.308 e. The molecule has 0 bridgehead atoms. The van der Waals surface area contributed by atoms with Crippen LogP contribution in [0.4, 0.5) is 4.39 Å². The molecule has 2 aromatic heterocycles. The Morgan fingerprint density at radius 1 is 1.14 bits per heavy atom. The highest BCUT2D eigenvalue weighted by Crippen LogP contribution is 2.35. The fraction of sp³-hybridized carbons (Fsp3) is 0.515. The van der Waals surface area contributed by atoms with Crippen LogP contribution in [0.5, 0.6) is 5.75 Å². The Morgan fingerprint density at radius 3 is 2.68 bits per heavy atom. The predicted molar refractivity (Wildman–Crippen MR) is 170 cm³/mol. The van der Waals surface area contributed by atoms with Crippen LogP contribution in [-0.2, 0) is 9.59 Å². The maximum Gasteiger partial charge on any atom is 0.308 e. The third-order valence-electron chi connectivity index (χ3n) is 8.42. The summed E-state index contributed by atoms with van der Waals surface area (Å²) in [5.41, 5.74) is 1.31. The molecule has 4 heterocycles. The highest BCUT2D eigenvalue weighted by atomic mass is 32.2. The second-order valence-corrected chi connectivity index (χ2v) is 12.5. The lowest BCUT2D eigenvalue weighted by atomic mass is 9.81. The van der Waals surface area contributed by atoms with Gasteiger partial charge in [-0.2, -0.15) is 0 Å². The van der Waals surface area contributed by atoms with Crippen LogP contribution in [0, 0.1) is 17.8 Å². The van der Waals surface area contributed by atoms with E-state index in [1.54, 1.807) is 37.3 Å². The van der Waals surface area contributed by atoms with Gasteiger partial charge in [0.15, 0.2) is 0 Å². The summed E-state index contributed by atoms with van der Waals surface area (Å²) in [6, 6.07) is 13.1. The summed E-state index contributed by atoms with van der Waals surface area (Å²) in [6.45, 7) is 3.88. The maximum absolute atomic E-state index is 15.4. The Morgan fingerprint density at radius 2 is 2.00 bits per heavy atom. The van der Waals surface area contributed by atoms with E-state index in [1.165, 1.54) is 0 Å². The number of fused-ring (bicyclic) bond motifs is 1. The largest absolute Gasteiger partial charge is 0.497 e. The number of alkyl halides is 1. The van der Waals surface area contributed by atoms with Gasteiger partial charge in [0.2, 0.25) is 0 Å². The average Bonchev–Trinajstić information content (AvgIpc) is 3.06. The van der Waals surface area contributed by atoms with Crippen molar-refractivity contribution in [2.24, 2.45) is 17.8 Å². The minimum Gasteiger partial charge on any atom is -0.497 e. The second-order valence-electron chi connectivity index (χ2n) is 11.4. The van der Waals surface area contributed by atoms with Crippen molar-refractivity contribution in [3.8, 4) is 5.75 Å². The summed E-state index contributed by atoms with van der Waals surface area (Å²) in [6.07, 6.45) is 6.68. The zero-order valence-electron chi connectivity index (χ0n) is 25.2. The molecule has 0 spiro atoms. The van der Waals surface area contributed by atoms with Crippen molar-refractivity contribution >= 4 is 34.6 Å². The van der Waals surface area contributed by atoms with Crippen molar-refractivity contribution < 1.29 is 28.9 Å². The molecule has 3 aromatic rings. The normalized spacial score (nSPS) is 21.2. The first-order valence-corrected chi connectivity index (χ1v) is 16.3. The molecule has 2 aliphatic heterocycles. The van der Waals surface area contributed by atoms with Gasteiger partial charge in [0.1, 0.15) is 11.9 Å². The summed E-state index contributed by atoms with van der Waals surface area (Å²) in [7, 11) is 1.59. The fourth-order valence-electron chi connectivity index (χ4n) is 5.92. The van der Waals surface area contributed by atoms with E-state index in [-0.39, 0.29) is 11.8 Å². The fourth-order valence-corrected chi connectivity index (χ4v) is 6.71. The number of carboxylic acid groups (broad SMARTS) is 2. The molecule has 2 saturated heterocycles. The predicted octanol–water partition coefficient (Wildman–Crippen LogP) is 5.70. The van der Waals surface area contributed by atoms with Gasteiger partial charge in [0, 0.05) is 36.6 Å². The quantitative estimate of drug-likeness (QED) is 0.170. The van der Waals surface area contributed by atoms with Crippen LogP contribution in [-0.4, -0.2) is 82.6 Å². The number of carboxylic acids is 2. The van der Waals surface area contributed by atoms with E-state index < -0.39 is 24.0 Å². The number of halogens is 1. The lowest BCUT2D eigenvalue weighted by Gasteiger charge is -2.36. The van der Waals surface area contributed by atoms with Crippen LogP contribution in [0.15, 0.2) is 59.9 Å². The number of nitrogens with zero attached hydrogens (tertiary/aromatic N) is 3. The molecule has 238 valence electrons. The number of benzene rings is 1. The van der Waals surface area contributed by atoms with E-state index in [2.05, 4.69) is 20.2 Å². The number of piperidine rings is 2. The molecule has 44 heavy (non-hydrogen) atoms. The van der Waals surface area contributed by atoms with Gasteiger partial charge in [0.05, 0.1) is 29.5 Å². The summed E-state index contributed by atoms with van der Waals surface area (Å²) in [5, 5.41) is 23.2. The topological polar surface area (TPSA) is 125 Å². The van der Waals surface area contributed by atoms with Crippen LogP contribution >= 0.6 is 11.8 Å². The van der Waals surface area contributed by atoms with Crippen LogP contribution in [0.2, 0.25) is 0 Å². The van der Waals surface area contributed by atoms with E-state index >= 15 is 4.39 Å². The van der Waals surface area contributed by atoms with Crippen LogP contribution in [0.1, 0.15) is 50.3 Å². The van der Waals surface area contributed by atoms with Crippen molar-refractivity contribution in [3.05, 3.63) is 60.4 Å². The maximum atomic E-state index is 15.4. The minimum absolute atomic E-state index is 0.0208. The minimum atomic E-state index is -1.18. The molecule has 0 amide bonds. The molecule has 5 rings (SSSR count). The Labute approximate surface area is 262 Å². The van der Waals surface area contributed by atoms with Gasteiger partial charge in [-0.05, 0) is 106 Å². The van der Waals surface area contributed by atoms with Crippen molar-refractivity contribution in [2.45, 2.75) is 49.7 Å². The zero-order chi connectivity index (χ0) is 31.3. The Hall–Kier alpha value is -3.28. The number of ether oxygens (including phenoxy) is 1. The van der Waals surface area contributed by atoms with Gasteiger partial charge in [-0.3, -0.25) is 14.6 Å². The lowest BCUT2D eigenvalue weighted by Crippen LogP contribution is -2.44. The van der Waals surface area contributed by atoms with E-state index in [9.17, 15) is 14.7 Å². The molecule has 3 N–H and O–H groups in total. The van der Waals surface area contributed by atoms with Crippen LogP contribution < -0.4 is 10.1 Å². The molecule has 0 aliphatic carbocycles. The van der Waals surface area contributed by atoms with E-state index in [0.717, 1.165) is 67.0 Å². The van der Waals surface area contributed by atoms with Crippen LogP contribution in [0.3, 0.4) is 0 Å². The Kier molecular flexibility index (Phi) is 13.2. The van der Waals surface area contributed by atoms with E-state index in [0.29, 0.717) is 37.2 Å². The number of nitrogens with one attached hydrogen (secondary N) is 1. The number of pyridine rings is 2. The number of hydrogen-bond donors (Lipinski definition) is 3. The molecule has 4 atom stereocenters. The molecule has 2 unspecified atom stereocenters. The van der Waals surface area contributed by atoms with Gasteiger partial charge in [0.25, 0.3) is 0 Å². The summed E-state index contributed by atoms with van der Waals surface area (Å²) in [5.74, 6) is -0.460. The number of rotatable bonds is 12. The molecule has 0 radical (unpaired) electrons. The molecule has 2 aliphatic rings. The number of carbonyl (C=O) groups is 2. The number of likely N-dealkylation sites (tertiary alicyclic amines) is 1. The average molecular weight is 627 g/mol. The zero-order valence-corrected chi connectivity index (χ0v) is 26.1. The van der Waals surface area contributed by atoms with Crippen molar-refractivity contribution in [1.29, 1.82) is 0 Å². The number of hydrogen-bond acceptors (Lipinski definition) is 8. The second kappa shape index (κ2) is 17.3. The summed E-state index contributed by atoms with van der Waals surface area (Å²) in [4.78, 5) is 33.2. The first kappa shape index (κ1) is 33.6.